The molecule has 0 saturated heterocycles. The zero-order valence-corrected chi connectivity index (χ0v) is 13.0. The zero-order chi connectivity index (χ0) is 13.9. The number of halogens is 1. The third kappa shape index (κ3) is 4.10. The summed E-state index contributed by atoms with van der Waals surface area (Å²) in [4.78, 5) is 13.8. The van der Waals surface area contributed by atoms with Crippen molar-refractivity contribution >= 4 is 21.8 Å². The Morgan fingerprint density at radius 3 is 2.28 bits per heavy atom. The van der Waals surface area contributed by atoms with Gasteiger partial charge >= 0.3 is 0 Å². The fraction of sp³-hybridized carbons (Fsp3) is 0.500. The van der Waals surface area contributed by atoms with Crippen LogP contribution in [0.1, 0.15) is 26.3 Å². The minimum absolute atomic E-state index is 0.0228. The van der Waals surface area contributed by atoms with Crippen LogP contribution in [0.3, 0.4) is 0 Å². The average Bonchev–Trinajstić information content (AvgIpc) is 2.29. The highest BCUT2D eigenvalue weighted by Gasteiger charge is 2.29. The molecule has 1 rings (SSSR count). The molecule has 1 atom stereocenters. The zero-order valence-electron chi connectivity index (χ0n) is 11.4. The smallest absolute Gasteiger partial charge is 0.240 e. The molecule has 2 N–H and O–H groups in total. The maximum absolute atomic E-state index is 12.2. The second kappa shape index (κ2) is 5.85. The van der Waals surface area contributed by atoms with Gasteiger partial charge in [0.1, 0.15) is 0 Å². The molecule has 1 aromatic carbocycles. The van der Waals surface area contributed by atoms with E-state index in [1.165, 1.54) is 0 Å². The maximum Gasteiger partial charge on any atom is 0.240 e. The first kappa shape index (κ1) is 15.2. The highest BCUT2D eigenvalue weighted by Crippen LogP contribution is 2.19. The lowest BCUT2D eigenvalue weighted by Gasteiger charge is -2.30. The van der Waals surface area contributed by atoms with Crippen molar-refractivity contribution in [1.82, 2.24) is 4.90 Å². The average molecular weight is 313 g/mol. The number of amides is 1. The molecule has 100 valence electrons. The summed E-state index contributed by atoms with van der Waals surface area (Å²) in [6, 6.07) is 7.46. The molecule has 4 heteroatoms. The molecule has 1 amide bonds. The first-order chi connectivity index (χ1) is 8.21. The number of nitrogens with zero attached hydrogens (tertiary/aromatic N) is 1. The van der Waals surface area contributed by atoms with Gasteiger partial charge in [0.05, 0.1) is 6.04 Å². The van der Waals surface area contributed by atoms with Gasteiger partial charge in [-0.2, -0.15) is 0 Å². The first-order valence-electron chi connectivity index (χ1n) is 5.97. The number of hydrogen-bond donors (Lipinski definition) is 1. The van der Waals surface area contributed by atoms with E-state index in [4.69, 9.17) is 5.73 Å². The van der Waals surface area contributed by atoms with Crippen molar-refractivity contribution in [2.45, 2.75) is 33.4 Å². The lowest BCUT2D eigenvalue weighted by Crippen LogP contribution is -2.48. The van der Waals surface area contributed by atoms with Gasteiger partial charge in [-0.1, -0.05) is 48.8 Å². The van der Waals surface area contributed by atoms with Crippen LogP contribution in [0, 0.1) is 5.41 Å². The lowest BCUT2D eigenvalue weighted by atomic mass is 9.86. The monoisotopic (exact) mass is 312 g/mol. The largest absolute Gasteiger partial charge is 0.340 e. The van der Waals surface area contributed by atoms with Crippen LogP contribution in [-0.2, 0) is 11.3 Å². The highest BCUT2D eigenvalue weighted by atomic mass is 79.9. The van der Waals surface area contributed by atoms with E-state index < -0.39 is 6.04 Å². The molecule has 0 aromatic heterocycles. The third-order valence-corrected chi connectivity index (χ3v) is 3.44. The minimum Gasteiger partial charge on any atom is -0.340 e. The minimum atomic E-state index is -0.474. The van der Waals surface area contributed by atoms with Crippen molar-refractivity contribution in [3.05, 3.63) is 34.3 Å². The van der Waals surface area contributed by atoms with Gasteiger partial charge in [-0.25, -0.2) is 0 Å². The van der Waals surface area contributed by atoms with Crippen LogP contribution in [0.25, 0.3) is 0 Å². The fourth-order valence-corrected chi connectivity index (χ4v) is 1.81. The van der Waals surface area contributed by atoms with E-state index in [0.29, 0.717) is 6.54 Å². The summed E-state index contributed by atoms with van der Waals surface area (Å²) in [6.45, 7) is 6.50. The number of carbonyl (C=O) groups is 1. The molecule has 18 heavy (non-hydrogen) atoms. The fourth-order valence-electron chi connectivity index (χ4n) is 1.55. The topological polar surface area (TPSA) is 46.3 Å². The van der Waals surface area contributed by atoms with Crippen LogP contribution >= 0.6 is 15.9 Å². The van der Waals surface area contributed by atoms with Crippen molar-refractivity contribution in [3.8, 4) is 0 Å². The molecule has 0 aliphatic heterocycles. The Hall–Kier alpha value is -0.870. The Morgan fingerprint density at radius 2 is 1.83 bits per heavy atom. The van der Waals surface area contributed by atoms with E-state index in [9.17, 15) is 4.79 Å². The van der Waals surface area contributed by atoms with Crippen LogP contribution in [-0.4, -0.2) is 23.9 Å². The van der Waals surface area contributed by atoms with Crippen molar-refractivity contribution in [2.75, 3.05) is 7.05 Å². The normalized spacial score (nSPS) is 13.2. The molecule has 0 fully saturated rings. The maximum atomic E-state index is 12.2. The molecule has 0 spiro atoms. The van der Waals surface area contributed by atoms with E-state index in [0.717, 1.165) is 10.0 Å². The van der Waals surface area contributed by atoms with Crippen molar-refractivity contribution < 1.29 is 4.79 Å². The van der Waals surface area contributed by atoms with Gasteiger partial charge in [0.25, 0.3) is 0 Å². The Bertz CT molecular complexity index is 409. The van der Waals surface area contributed by atoms with Gasteiger partial charge in [0, 0.05) is 18.1 Å². The van der Waals surface area contributed by atoms with Crippen molar-refractivity contribution in [2.24, 2.45) is 11.1 Å². The summed E-state index contributed by atoms with van der Waals surface area (Å²) >= 11 is 3.39. The molecule has 1 aromatic rings. The number of hydrogen-bond acceptors (Lipinski definition) is 2. The summed E-state index contributed by atoms with van der Waals surface area (Å²) in [6.07, 6.45) is 0. The van der Waals surface area contributed by atoms with Gasteiger partial charge < -0.3 is 10.6 Å². The molecule has 0 unspecified atom stereocenters. The molecule has 0 aliphatic carbocycles. The van der Waals surface area contributed by atoms with Crippen LogP contribution in [0.15, 0.2) is 28.7 Å². The summed E-state index contributed by atoms with van der Waals surface area (Å²) in [7, 11) is 1.79. The predicted molar refractivity (Wildman–Crippen MR) is 78.0 cm³/mol. The van der Waals surface area contributed by atoms with Crippen LogP contribution in [0.4, 0.5) is 0 Å². The summed E-state index contributed by atoms with van der Waals surface area (Å²) in [5.74, 6) is -0.0228. The van der Waals surface area contributed by atoms with Gasteiger partial charge in [0.2, 0.25) is 5.91 Å². The number of rotatable bonds is 3. The van der Waals surface area contributed by atoms with E-state index >= 15 is 0 Å². The summed E-state index contributed by atoms with van der Waals surface area (Å²) in [5.41, 5.74) is 6.85. The molecular formula is C14H21BrN2O. The van der Waals surface area contributed by atoms with Crippen LogP contribution < -0.4 is 5.73 Å². The summed E-state index contributed by atoms with van der Waals surface area (Å²) < 4.78 is 1.03. The van der Waals surface area contributed by atoms with Gasteiger partial charge in [-0.3, -0.25) is 4.79 Å². The number of likely N-dealkylation sites (N-methyl/N-ethyl adjacent to an activating group) is 1. The second-order valence-corrected chi connectivity index (χ2v) is 6.58. The Balaban J connectivity index is 2.68. The van der Waals surface area contributed by atoms with E-state index in [-0.39, 0.29) is 11.3 Å². The predicted octanol–water partition coefficient (Wildman–Crippen LogP) is 2.78. The summed E-state index contributed by atoms with van der Waals surface area (Å²) in [5, 5.41) is 0. The van der Waals surface area contributed by atoms with Crippen LogP contribution in [0.5, 0.6) is 0 Å². The molecule has 0 saturated carbocycles. The number of carbonyl (C=O) groups excluding carboxylic acids is 1. The second-order valence-electron chi connectivity index (χ2n) is 5.66. The SMILES string of the molecule is CN(Cc1ccc(Br)cc1)C(=O)[C@@H](N)C(C)(C)C. The van der Waals surface area contributed by atoms with Gasteiger partial charge in [0.15, 0.2) is 0 Å². The Morgan fingerprint density at radius 1 is 1.33 bits per heavy atom. The van der Waals surface area contributed by atoms with Crippen molar-refractivity contribution in [3.63, 3.8) is 0 Å². The number of benzene rings is 1. The van der Waals surface area contributed by atoms with E-state index in [1.54, 1.807) is 11.9 Å². The molecular weight excluding hydrogens is 292 g/mol. The highest BCUT2D eigenvalue weighted by molar-refractivity contribution is 9.10. The lowest BCUT2D eigenvalue weighted by molar-refractivity contribution is -0.134. The number of nitrogens with two attached hydrogens (primary N) is 1. The van der Waals surface area contributed by atoms with Crippen LogP contribution in [0.2, 0.25) is 0 Å². The molecule has 0 heterocycles. The molecule has 3 nitrogen and oxygen atoms in total. The molecule has 0 radical (unpaired) electrons. The van der Waals surface area contributed by atoms with E-state index in [1.807, 2.05) is 45.0 Å². The molecule has 0 aliphatic rings. The standard InChI is InChI=1S/C14H21BrN2O/c1-14(2,3)12(16)13(18)17(4)9-10-5-7-11(15)8-6-10/h5-8,12H,9,16H2,1-4H3/t12-/m1/s1. The van der Waals surface area contributed by atoms with E-state index in [2.05, 4.69) is 15.9 Å². The quantitative estimate of drug-likeness (QED) is 0.933. The Kier molecular flexibility index (Phi) is 4.93. The van der Waals surface area contributed by atoms with Gasteiger partial charge in [-0.05, 0) is 23.1 Å². The van der Waals surface area contributed by atoms with Crippen molar-refractivity contribution in [1.29, 1.82) is 0 Å². The third-order valence-electron chi connectivity index (χ3n) is 2.91. The van der Waals surface area contributed by atoms with Gasteiger partial charge in [-0.15, -0.1) is 0 Å². The first-order valence-corrected chi connectivity index (χ1v) is 6.76. The Labute approximate surface area is 117 Å². The molecule has 0 bridgehead atoms.